The molecular formula is C12H26N2O2S. The van der Waals surface area contributed by atoms with Gasteiger partial charge in [0, 0.05) is 31.7 Å². The highest BCUT2D eigenvalue weighted by Crippen LogP contribution is 2.23. The van der Waals surface area contributed by atoms with Crippen LogP contribution in [0.25, 0.3) is 0 Å². The largest absolute Gasteiger partial charge is 0.296 e. The molecule has 17 heavy (non-hydrogen) atoms. The van der Waals surface area contributed by atoms with E-state index in [2.05, 4.69) is 25.7 Å². The van der Waals surface area contributed by atoms with Gasteiger partial charge in [0.25, 0.3) is 0 Å². The van der Waals surface area contributed by atoms with Gasteiger partial charge in [0.05, 0.1) is 4.75 Å². The molecule has 0 N–H and O–H groups in total. The summed E-state index contributed by atoms with van der Waals surface area (Å²) in [6.45, 7) is 14.6. The van der Waals surface area contributed by atoms with E-state index in [4.69, 9.17) is 0 Å². The van der Waals surface area contributed by atoms with Crippen LogP contribution in [0.5, 0.6) is 0 Å². The molecule has 0 radical (unpaired) electrons. The minimum Gasteiger partial charge on any atom is -0.296 e. The van der Waals surface area contributed by atoms with Crippen LogP contribution in [0.2, 0.25) is 0 Å². The van der Waals surface area contributed by atoms with Crippen LogP contribution >= 0.6 is 0 Å². The zero-order chi connectivity index (χ0) is 13.5. The highest BCUT2D eigenvalue weighted by atomic mass is 32.2. The summed E-state index contributed by atoms with van der Waals surface area (Å²) in [5.74, 6) is 0. The quantitative estimate of drug-likeness (QED) is 0.719. The maximum absolute atomic E-state index is 12.3. The van der Waals surface area contributed by atoms with Crippen LogP contribution in [0, 0.1) is 0 Å². The Bertz CT molecular complexity index is 355. The highest BCUT2D eigenvalue weighted by molar-refractivity contribution is 7.90. The molecule has 1 rings (SSSR count). The monoisotopic (exact) mass is 262 g/mol. The van der Waals surface area contributed by atoms with Crippen molar-refractivity contribution in [2.24, 2.45) is 0 Å². The summed E-state index contributed by atoms with van der Waals surface area (Å²) in [7, 11) is -3.16. The molecule has 4 nitrogen and oxygen atoms in total. The average Bonchev–Trinajstić information content (AvgIpc) is 2.15. The maximum atomic E-state index is 12.3. The van der Waals surface area contributed by atoms with Crippen LogP contribution in [0.15, 0.2) is 0 Å². The molecule has 0 spiro atoms. The van der Waals surface area contributed by atoms with E-state index in [1.165, 1.54) is 0 Å². The van der Waals surface area contributed by atoms with Gasteiger partial charge in [-0.15, -0.1) is 0 Å². The van der Waals surface area contributed by atoms with Crippen molar-refractivity contribution in [2.75, 3.05) is 26.2 Å². The molecule has 0 aliphatic carbocycles. The number of nitrogens with zero attached hydrogens (tertiary/aromatic N) is 2. The molecule has 0 saturated carbocycles. The van der Waals surface area contributed by atoms with Gasteiger partial charge in [-0.25, -0.2) is 8.42 Å². The smallest absolute Gasteiger partial charge is 0.219 e. The molecule has 0 aromatic heterocycles. The number of piperazine rings is 1. The molecule has 0 unspecified atom stereocenters. The molecule has 0 atom stereocenters. The molecule has 1 aliphatic rings. The summed E-state index contributed by atoms with van der Waals surface area (Å²) in [5, 5.41) is 0. The van der Waals surface area contributed by atoms with Gasteiger partial charge in [0.2, 0.25) is 10.0 Å². The lowest BCUT2D eigenvalue weighted by atomic mass is 10.1. The van der Waals surface area contributed by atoms with Crippen molar-refractivity contribution in [1.82, 2.24) is 9.21 Å². The lowest BCUT2D eigenvalue weighted by Gasteiger charge is -2.43. The fourth-order valence-electron chi connectivity index (χ4n) is 1.99. The Kier molecular flexibility index (Phi) is 3.97. The van der Waals surface area contributed by atoms with Gasteiger partial charge in [-0.1, -0.05) is 0 Å². The van der Waals surface area contributed by atoms with Gasteiger partial charge in [0.15, 0.2) is 0 Å². The molecule has 0 amide bonds. The standard InChI is InChI=1S/C12H26N2O2S/c1-11(2,3)13-7-9-14(10-8-13)17(15,16)12(4,5)6/h7-10H2,1-6H3. The van der Waals surface area contributed by atoms with Crippen LogP contribution in [0.1, 0.15) is 41.5 Å². The molecule has 0 aromatic rings. The lowest BCUT2D eigenvalue weighted by Crippen LogP contribution is -2.56. The lowest BCUT2D eigenvalue weighted by molar-refractivity contribution is 0.0914. The topological polar surface area (TPSA) is 40.6 Å². The summed E-state index contributed by atoms with van der Waals surface area (Å²) in [6.07, 6.45) is 0. The molecule has 5 heteroatoms. The van der Waals surface area contributed by atoms with Gasteiger partial charge in [0.1, 0.15) is 0 Å². The molecule has 0 bridgehead atoms. The van der Waals surface area contributed by atoms with Crippen molar-refractivity contribution in [2.45, 2.75) is 51.8 Å². The molecule has 1 saturated heterocycles. The van der Waals surface area contributed by atoms with Crippen LogP contribution in [0.3, 0.4) is 0 Å². The normalized spacial score (nSPS) is 21.8. The minimum absolute atomic E-state index is 0.123. The molecule has 1 heterocycles. The van der Waals surface area contributed by atoms with E-state index in [0.717, 1.165) is 13.1 Å². The molecule has 0 aromatic carbocycles. The van der Waals surface area contributed by atoms with Crippen molar-refractivity contribution >= 4 is 10.0 Å². The Morgan fingerprint density at radius 2 is 1.24 bits per heavy atom. The zero-order valence-corrected chi connectivity index (χ0v) is 12.8. The van der Waals surface area contributed by atoms with E-state index < -0.39 is 14.8 Å². The average molecular weight is 262 g/mol. The van der Waals surface area contributed by atoms with Gasteiger partial charge in [-0.3, -0.25) is 4.90 Å². The first-order chi connectivity index (χ1) is 7.46. The van der Waals surface area contributed by atoms with Crippen molar-refractivity contribution in [3.05, 3.63) is 0 Å². The van der Waals surface area contributed by atoms with E-state index in [1.807, 2.05) is 0 Å². The predicted molar refractivity (Wildman–Crippen MR) is 71.6 cm³/mol. The van der Waals surface area contributed by atoms with Gasteiger partial charge >= 0.3 is 0 Å². The number of sulfonamides is 1. The predicted octanol–water partition coefficient (Wildman–Crippen LogP) is 1.53. The Morgan fingerprint density at radius 1 is 0.824 bits per heavy atom. The Balaban J connectivity index is 2.72. The third-order valence-corrected chi connectivity index (χ3v) is 5.89. The summed E-state index contributed by atoms with van der Waals surface area (Å²) >= 11 is 0. The van der Waals surface area contributed by atoms with Gasteiger partial charge < -0.3 is 0 Å². The van der Waals surface area contributed by atoms with E-state index in [0.29, 0.717) is 13.1 Å². The zero-order valence-electron chi connectivity index (χ0n) is 11.9. The molecule has 1 aliphatic heterocycles. The minimum atomic E-state index is -3.16. The van der Waals surface area contributed by atoms with Gasteiger partial charge in [-0.2, -0.15) is 4.31 Å². The number of rotatable bonds is 1. The first-order valence-electron chi connectivity index (χ1n) is 6.21. The SMILES string of the molecule is CC(C)(C)N1CCN(S(=O)(=O)C(C)(C)C)CC1. The molecule has 102 valence electrons. The van der Waals surface area contributed by atoms with E-state index >= 15 is 0 Å². The second-order valence-electron chi connectivity index (χ2n) is 6.67. The molecular weight excluding hydrogens is 236 g/mol. The van der Waals surface area contributed by atoms with Crippen LogP contribution < -0.4 is 0 Å². The van der Waals surface area contributed by atoms with Crippen molar-refractivity contribution in [3.8, 4) is 0 Å². The fourth-order valence-corrected chi connectivity index (χ4v) is 3.41. The summed E-state index contributed by atoms with van der Waals surface area (Å²) < 4.78 is 25.5. The summed E-state index contributed by atoms with van der Waals surface area (Å²) in [5.41, 5.74) is 0.123. The van der Waals surface area contributed by atoms with E-state index in [9.17, 15) is 8.42 Å². The second kappa shape index (κ2) is 4.52. The third kappa shape index (κ3) is 3.20. The highest BCUT2D eigenvalue weighted by Gasteiger charge is 2.38. The maximum Gasteiger partial charge on any atom is 0.219 e. The van der Waals surface area contributed by atoms with Gasteiger partial charge in [-0.05, 0) is 41.5 Å². The first kappa shape index (κ1) is 14.9. The number of hydrogen-bond donors (Lipinski definition) is 0. The first-order valence-corrected chi connectivity index (χ1v) is 7.65. The molecule has 1 fully saturated rings. The Labute approximate surface area is 106 Å². The van der Waals surface area contributed by atoms with Crippen molar-refractivity contribution < 1.29 is 8.42 Å². The van der Waals surface area contributed by atoms with Crippen LogP contribution in [0.4, 0.5) is 0 Å². The van der Waals surface area contributed by atoms with Crippen molar-refractivity contribution in [1.29, 1.82) is 0 Å². The third-order valence-electron chi connectivity index (χ3n) is 3.30. The number of hydrogen-bond acceptors (Lipinski definition) is 3. The Hall–Kier alpha value is -0.130. The van der Waals surface area contributed by atoms with Crippen LogP contribution in [-0.4, -0.2) is 54.1 Å². The van der Waals surface area contributed by atoms with Crippen molar-refractivity contribution in [3.63, 3.8) is 0 Å². The van der Waals surface area contributed by atoms with E-state index in [-0.39, 0.29) is 5.54 Å². The second-order valence-corrected chi connectivity index (χ2v) is 9.37. The van der Waals surface area contributed by atoms with Crippen LogP contribution in [-0.2, 0) is 10.0 Å². The van der Waals surface area contributed by atoms with E-state index in [1.54, 1.807) is 25.1 Å². The fraction of sp³-hybridized carbons (Fsp3) is 1.00. The summed E-state index contributed by atoms with van der Waals surface area (Å²) in [6, 6.07) is 0. The summed E-state index contributed by atoms with van der Waals surface area (Å²) in [4.78, 5) is 2.34. The Morgan fingerprint density at radius 3 is 1.53 bits per heavy atom.